The molecule has 1 fully saturated rings. The number of nitrogens with zero attached hydrogens (tertiary/aromatic N) is 2. The maximum atomic E-state index is 11.9. The highest BCUT2D eigenvalue weighted by molar-refractivity contribution is 5.89. The minimum atomic E-state index is -0.250. The normalized spacial score (nSPS) is 21.6. The first kappa shape index (κ1) is 13.4. The quantitative estimate of drug-likeness (QED) is 0.729. The monoisotopic (exact) mass is 274 g/mol. The number of benzene rings is 1. The lowest BCUT2D eigenvalue weighted by Crippen LogP contribution is -2.48. The van der Waals surface area contributed by atoms with Gasteiger partial charge < -0.3 is 9.64 Å². The number of rotatable bonds is 0. The van der Waals surface area contributed by atoms with Gasteiger partial charge in [0.1, 0.15) is 0 Å². The molecule has 108 valence electrons. The fourth-order valence-electron chi connectivity index (χ4n) is 3.60. The number of para-hydroxylation sites is 1. The third kappa shape index (κ3) is 2.08. The molecule has 2 aliphatic rings. The molecule has 0 aromatic heterocycles. The van der Waals surface area contributed by atoms with Gasteiger partial charge in [-0.25, -0.2) is 4.79 Å². The van der Waals surface area contributed by atoms with Crippen LogP contribution in [0.25, 0.3) is 0 Å². The molecule has 1 aromatic carbocycles. The first-order valence-electron chi connectivity index (χ1n) is 7.30. The first-order chi connectivity index (χ1) is 9.66. The number of amides is 1. The van der Waals surface area contributed by atoms with Crippen molar-refractivity contribution < 1.29 is 9.53 Å². The molecule has 1 saturated heterocycles. The minimum Gasteiger partial charge on any atom is -0.452 e. The summed E-state index contributed by atoms with van der Waals surface area (Å²) in [5.41, 5.74) is 2.60. The van der Waals surface area contributed by atoms with E-state index in [1.807, 2.05) is 12.1 Å². The number of fused-ring (bicyclic) bond motifs is 2. The third-order valence-electron chi connectivity index (χ3n) is 4.92. The van der Waals surface area contributed by atoms with Crippen molar-refractivity contribution in [1.82, 2.24) is 4.90 Å². The molecular weight excluding hydrogens is 252 g/mol. The van der Waals surface area contributed by atoms with Gasteiger partial charge in [-0.05, 0) is 51.0 Å². The van der Waals surface area contributed by atoms with E-state index >= 15 is 0 Å². The zero-order valence-electron chi connectivity index (χ0n) is 12.3. The van der Waals surface area contributed by atoms with E-state index in [9.17, 15) is 4.79 Å². The summed E-state index contributed by atoms with van der Waals surface area (Å²) in [6, 6.07) is 8.32. The Morgan fingerprint density at radius 1 is 1.15 bits per heavy atom. The van der Waals surface area contributed by atoms with Crippen molar-refractivity contribution in [3.63, 3.8) is 0 Å². The van der Waals surface area contributed by atoms with Crippen LogP contribution in [0.3, 0.4) is 0 Å². The average Bonchev–Trinajstić information content (AvgIpc) is 2.50. The lowest BCUT2D eigenvalue weighted by Gasteiger charge is -2.47. The maximum Gasteiger partial charge on any atom is 0.414 e. The molecular formula is C16H22N2O2. The molecule has 4 nitrogen and oxygen atoms in total. The molecule has 2 aliphatic heterocycles. The zero-order chi connectivity index (χ0) is 14.2. The van der Waals surface area contributed by atoms with E-state index in [0.717, 1.165) is 31.7 Å². The van der Waals surface area contributed by atoms with Crippen molar-refractivity contribution in [3.05, 3.63) is 29.8 Å². The van der Waals surface area contributed by atoms with Crippen LogP contribution in [0.15, 0.2) is 24.3 Å². The number of hydrogen-bond donors (Lipinski definition) is 0. The molecule has 0 saturated carbocycles. The Bertz CT molecular complexity index is 507. The van der Waals surface area contributed by atoms with Crippen LogP contribution < -0.4 is 4.90 Å². The SMILES string of the molecule is COC(=O)N1CCC2(CCN(C)CC2)c2ccccc21. The van der Waals surface area contributed by atoms with Gasteiger partial charge >= 0.3 is 6.09 Å². The van der Waals surface area contributed by atoms with Gasteiger partial charge in [0.25, 0.3) is 0 Å². The number of anilines is 1. The second-order valence-corrected chi connectivity index (χ2v) is 5.97. The standard InChI is InChI=1S/C16H22N2O2/c1-17-10-7-16(8-11-17)9-12-18(15(19)20-2)14-6-4-3-5-13(14)16/h3-6H,7-12H2,1-2H3. The lowest BCUT2D eigenvalue weighted by atomic mass is 9.68. The predicted molar refractivity (Wildman–Crippen MR) is 79.2 cm³/mol. The summed E-state index contributed by atoms with van der Waals surface area (Å²) in [7, 11) is 3.63. The summed E-state index contributed by atoms with van der Waals surface area (Å²) < 4.78 is 4.92. The predicted octanol–water partition coefficient (Wildman–Crippen LogP) is 2.63. The van der Waals surface area contributed by atoms with Crippen LogP contribution in [-0.4, -0.2) is 44.8 Å². The highest BCUT2D eigenvalue weighted by Gasteiger charge is 2.42. The Morgan fingerprint density at radius 2 is 1.80 bits per heavy atom. The third-order valence-corrected chi connectivity index (χ3v) is 4.92. The van der Waals surface area contributed by atoms with Crippen molar-refractivity contribution in [2.45, 2.75) is 24.7 Å². The Kier molecular flexibility index (Phi) is 3.42. The highest BCUT2D eigenvalue weighted by Crippen LogP contribution is 2.46. The van der Waals surface area contributed by atoms with Crippen LogP contribution in [0, 0.1) is 0 Å². The molecule has 0 atom stereocenters. The second kappa shape index (κ2) is 5.09. The summed E-state index contributed by atoms with van der Waals surface area (Å²) in [4.78, 5) is 16.1. The number of piperidine rings is 1. The molecule has 1 spiro atoms. The molecule has 0 bridgehead atoms. The molecule has 3 rings (SSSR count). The number of ether oxygens (including phenoxy) is 1. The van der Waals surface area contributed by atoms with E-state index in [-0.39, 0.29) is 11.5 Å². The average molecular weight is 274 g/mol. The van der Waals surface area contributed by atoms with Gasteiger partial charge in [-0.2, -0.15) is 0 Å². The van der Waals surface area contributed by atoms with Crippen molar-refractivity contribution in [1.29, 1.82) is 0 Å². The Morgan fingerprint density at radius 3 is 2.50 bits per heavy atom. The van der Waals surface area contributed by atoms with E-state index in [1.165, 1.54) is 25.5 Å². The van der Waals surface area contributed by atoms with Crippen LogP contribution in [0.4, 0.5) is 10.5 Å². The summed E-state index contributed by atoms with van der Waals surface area (Å²) in [6.45, 7) is 3.02. The van der Waals surface area contributed by atoms with Gasteiger partial charge in [-0.15, -0.1) is 0 Å². The van der Waals surface area contributed by atoms with Gasteiger partial charge in [-0.1, -0.05) is 18.2 Å². The molecule has 0 N–H and O–H groups in total. The highest BCUT2D eigenvalue weighted by atomic mass is 16.5. The van der Waals surface area contributed by atoms with E-state index in [4.69, 9.17) is 4.74 Å². The van der Waals surface area contributed by atoms with E-state index in [1.54, 1.807) is 4.90 Å². The molecule has 4 heteroatoms. The Balaban J connectivity index is 1.99. The van der Waals surface area contributed by atoms with E-state index in [0.29, 0.717) is 0 Å². The summed E-state index contributed by atoms with van der Waals surface area (Å²) >= 11 is 0. The topological polar surface area (TPSA) is 32.8 Å². The van der Waals surface area contributed by atoms with Crippen molar-refractivity contribution in [3.8, 4) is 0 Å². The van der Waals surface area contributed by atoms with Gasteiger partial charge in [-0.3, -0.25) is 4.90 Å². The molecule has 2 heterocycles. The van der Waals surface area contributed by atoms with Crippen molar-refractivity contribution in [2.75, 3.05) is 38.7 Å². The van der Waals surface area contributed by atoms with Crippen LogP contribution in [-0.2, 0) is 10.2 Å². The first-order valence-corrected chi connectivity index (χ1v) is 7.30. The number of carbonyl (C=O) groups is 1. The summed E-state index contributed by atoms with van der Waals surface area (Å²) in [6.07, 6.45) is 3.14. The molecule has 20 heavy (non-hydrogen) atoms. The number of hydrogen-bond acceptors (Lipinski definition) is 3. The fourth-order valence-corrected chi connectivity index (χ4v) is 3.60. The van der Waals surface area contributed by atoms with Gasteiger partial charge in [0.05, 0.1) is 12.8 Å². The number of methoxy groups -OCH3 is 1. The summed E-state index contributed by atoms with van der Waals surface area (Å²) in [5.74, 6) is 0. The van der Waals surface area contributed by atoms with Crippen molar-refractivity contribution in [2.24, 2.45) is 0 Å². The zero-order valence-corrected chi connectivity index (χ0v) is 12.3. The van der Waals surface area contributed by atoms with Gasteiger partial charge in [0.2, 0.25) is 0 Å². The smallest absolute Gasteiger partial charge is 0.414 e. The molecule has 1 aromatic rings. The van der Waals surface area contributed by atoms with Crippen molar-refractivity contribution >= 4 is 11.8 Å². The van der Waals surface area contributed by atoms with Crippen LogP contribution in [0.2, 0.25) is 0 Å². The number of carbonyl (C=O) groups excluding carboxylic acids is 1. The van der Waals surface area contributed by atoms with E-state index < -0.39 is 0 Å². The second-order valence-electron chi connectivity index (χ2n) is 5.97. The number of likely N-dealkylation sites (tertiary alicyclic amines) is 1. The fraction of sp³-hybridized carbons (Fsp3) is 0.562. The minimum absolute atomic E-state index is 0.244. The molecule has 0 radical (unpaired) electrons. The maximum absolute atomic E-state index is 11.9. The molecule has 0 aliphatic carbocycles. The Hall–Kier alpha value is -1.55. The van der Waals surface area contributed by atoms with Crippen LogP contribution >= 0.6 is 0 Å². The molecule has 0 unspecified atom stereocenters. The van der Waals surface area contributed by atoms with Crippen LogP contribution in [0.1, 0.15) is 24.8 Å². The lowest BCUT2D eigenvalue weighted by molar-refractivity contribution is 0.163. The molecule has 1 amide bonds. The van der Waals surface area contributed by atoms with Gasteiger partial charge in [0.15, 0.2) is 0 Å². The van der Waals surface area contributed by atoms with Gasteiger partial charge in [0, 0.05) is 12.0 Å². The Labute approximate surface area is 120 Å². The largest absolute Gasteiger partial charge is 0.452 e. The van der Waals surface area contributed by atoms with Crippen LogP contribution in [0.5, 0.6) is 0 Å². The van der Waals surface area contributed by atoms with E-state index in [2.05, 4.69) is 24.1 Å². The summed E-state index contributed by atoms with van der Waals surface area (Å²) in [5, 5.41) is 0.